The first-order valence-corrected chi connectivity index (χ1v) is 15.4. The fourth-order valence-electron chi connectivity index (χ4n) is 3.63. The highest BCUT2D eigenvalue weighted by Gasteiger charge is 2.46. The molecule has 3 heteroatoms. The monoisotopic (exact) mass is 378 g/mol. The molecule has 0 saturated carbocycles. The predicted molar refractivity (Wildman–Crippen MR) is 120 cm³/mol. The van der Waals surface area contributed by atoms with Crippen molar-refractivity contribution in [2.24, 2.45) is 5.92 Å². The summed E-state index contributed by atoms with van der Waals surface area (Å²) in [5, 5.41) is 0. The number of hydrogen-bond acceptors (Lipinski definition) is 1. The zero-order chi connectivity index (χ0) is 20.0. The van der Waals surface area contributed by atoms with Gasteiger partial charge in [-0.15, -0.1) is 5.54 Å². The maximum atomic E-state index is 7.01. The summed E-state index contributed by atoms with van der Waals surface area (Å²) in [5.41, 5.74) is 6.32. The Hall–Kier alpha value is -0.566. The van der Waals surface area contributed by atoms with E-state index in [0.717, 1.165) is 0 Å². The third kappa shape index (κ3) is 7.29. The standard InChI is InChI=1S/C22H42OSi2/c1-17(2)21(9)22(15-13-14-16-24(10,11)12)23-25(18(3)4,19(5)6)20(7)8/h13,15,18-22H,1H2,2-12H3/b15-13+/t21-,22+/m0/s1. The van der Waals surface area contributed by atoms with Gasteiger partial charge in [-0.25, -0.2) is 0 Å². The fourth-order valence-corrected chi connectivity index (χ4v) is 9.72. The van der Waals surface area contributed by atoms with Gasteiger partial charge in [0.15, 0.2) is 0 Å². The summed E-state index contributed by atoms with van der Waals surface area (Å²) in [5.74, 6) is 3.56. The van der Waals surface area contributed by atoms with E-state index < -0.39 is 16.4 Å². The van der Waals surface area contributed by atoms with Gasteiger partial charge < -0.3 is 4.43 Å². The first-order valence-electron chi connectivity index (χ1n) is 9.78. The van der Waals surface area contributed by atoms with Crippen LogP contribution in [0.1, 0.15) is 55.4 Å². The minimum absolute atomic E-state index is 0.0623. The zero-order valence-corrected chi connectivity index (χ0v) is 20.7. The third-order valence-electron chi connectivity index (χ3n) is 5.13. The van der Waals surface area contributed by atoms with Crippen molar-refractivity contribution in [1.29, 1.82) is 0 Å². The van der Waals surface area contributed by atoms with Crippen LogP contribution in [-0.2, 0) is 4.43 Å². The van der Waals surface area contributed by atoms with E-state index in [1.54, 1.807) is 0 Å². The van der Waals surface area contributed by atoms with Crippen LogP contribution in [0.5, 0.6) is 0 Å². The van der Waals surface area contributed by atoms with Gasteiger partial charge in [0, 0.05) is 5.92 Å². The van der Waals surface area contributed by atoms with Gasteiger partial charge in [0.25, 0.3) is 0 Å². The van der Waals surface area contributed by atoms with Crippen molar-refractivity contribution in [1.82, 2.24) is 0 Å². The largest absolute Gasteiger partial charge is 0.409 e. The van der Waals surface area contributed by atoms with Gasteiger partial charge in [-0.2, -0.15) is 0 Å². The molecule has 0 spiro atoms. The SMILES string of the molecule is C=C(C)[C@H](C)[C@@H](/C=C/C#C[Si](C)(C)C)O[Si](C(C)C)(C(C)C)C(C)C. The van der Waals surface area contributed by atoms with Crippen LogP contribution < -0.4 is 0 Å². The lowest BCUT2D eigenvalue weighted by Gasteiger charge is -2.45. The number of rotatable bonds is 8. The zero-order valence-electron chi connectivity index (χ0n) is 18.7. The van der Waals surface area contributed by atoms with Crippen molar-refractivity contribution in [2.45, 2.75) is 97.8 Å². The topological polar surface area (TPSA) is 9.23 Å². The first-order chi connectivity index (χ1) is 11.3. The lowest BCUT2D eigenvalue weighted by molar-refractivity contribution is 0.178. The molecule has 0 aromatic rings. The van der Waals surface area contributed by atoms with Gasteiger partial charge in [-0.1, -0.05) is 86.2 Å². The summed E-state index contributed by atoms with van der Waals surface area (Å²) in [7, 11) is -3.27. The maximum absolute atomic E-state index is 7.01. The Morgan fingerprint density at radius 1 is 0.920 bits per heavy atom. The van der Waals surface area contributed by atoms with Crippen molar-refractivity contribution >= 4 is 16.4 Å². The first kappa shape index (κ1) is 24.4. The molecular formula is C22H42OSi2. The van der Waals surface area contributed by atoms with E-state index in [0.29, 0.717) is 22.5 Å². The van der Waals surface area contributed by atoms with Crippen molar-refractivity contribution in [2.75, 3.05) is 0 Å². The molecule has 0 unspecified atom stereocenters. The van der Waals surface area contributed by atoms with Crippen molar-refractivity contribution in [3.8, 4) is 11.5 Å². The highest BCUT2D eigenvalue weighted by atomic mass is 28.4. The van der Waals surface area contributed by atoms with Crippen molar-refractivity contribution < 1.29 is 4.43 Å². The summed E-state index contributed by atoms with van der Waals surface area (Å²) in [6.07, 6.45) is 4.26. The van der Waals surface area contributed by atoms with Gasteiger partial charge in [-0.3, -0.25) is 0 Å². The molecule has 0 aliphatic rings. The predicted octanol–water partition coefficient (Wildman–Crippen LogP) is 7.20. The van der Waals surface area contributed by atoms with E-state index in [2.05, 4.69) is 99.2 Å². The van der Waals surface area contributed by atoms with E-state index in [4.69, 9.17) is 4.43 Å². The molecule has 0 heterocycles. The second-order valence-corrected chi connectivity index (χ2v) is 19.6. The lowest BCUT2D eigenvalue weighted by atomic mass is 9.97. The Morgan fingerprint density at radius 2 is 1.36 bits per heavy atom. The molecule has 144 valence electrons. The molecule has 0 fully saturated rings. The van der Waals surface area contributed by atoms with Gasteiger partial charge in [0.2, 0.25) is 8.32 Å². The van der Waals surface area contributed by atoms with Crippen LogP contribution in [-0.4, -0.2) is 22.5 Å². The van der Waals surface area contributed by atoms with Crippen LogP contribution in [0, 0.1) is 17.4 Å². The molecule has 0 bridgehead atoms. The summed E-state index contributed by atoms with van der Waals surface area (Å²) in [4.78, 5) is 0. The average molecular weight is 379 g/mol. The smallest absolute Gasteiger partial charge is 0.201 e. The summed E-state index contributed by atoms with van der Waals surface area (Å²) < 4.78 is 7.01. The molecule has 0 aromatic heterocycles. The molecule has 0 N–H and O–H groups in total. The Bertz CT molecular complexity index is 491. The highest BCUT2D eigenvalue weighted by molar-refractivity contribution is 6.83. The molecule has 0 aliphatic heterocycles. The highest BCUT2D eigenvalue weighted by Crippen LogP contribution is 2.44. The van der Waals surface area contributed by atoms with Gasteiger partial charge in [0.1, 0.15) is 8.07 Å². The van der Waals surface area contributed by atoms with Crippen LogP contribution in [0.4, 0.5) is 0 Å². The summed E-state index contributed by atoms with van der Waals surface area (Å²) in [6.45, 7) is 29.3. The molecule has 0 radical (unpaired) electrons. The van der Waals surface area contributed by atoms with Crippen LogP contribution in [0.3, 0.4) is 0 Å². The second kappa shape index (κ2) is 9.95. The molecule has 0 amide bonds. The fraction of sp³-hybridized carbons (Fsp3) is 0.727. The molecule has 0 saturated heterocycles. The molecule has 1 nitrogen and oxygen atoms in total. The average Bonchev–Trinajstić information content (AvgIpc) is 2.43. The molecule has 0 aliphatic carbocycles. The Labute approximate surface area is 160 Å². The van der Waals surface area contributed by atoms with Crippen LogP contribution in [0.2, 0.25) is 36.3 Å². The van der Waals surface area contributed by atoms with Crippen LogP contribution >= 0.6 is 0 Å². The molecule has 2 atom stereocenters. The molecule has 25 heavy (non-hydrogen) atoms. The van der Waals surface area contributed by atoms with E-state index in [9.17, 15) is 0 Å². The minimum atomic E-state index is -1.93. The number of allylic oxidation sites excluding steroid dienone is 1. The molecule has 0 aromatic carbocycles. The quantitative estimate of drug-likeness (QED) is 0.246. The van der Waals surface area contributed by atoms with Crippen LogP contribution in [0.25, 0.3) is 0 Å². The maximum Gasteiger partial charge on any atom is 0.201 e. The molecule has 0 rings (SSSR count). The second-order valence-electron chi connectivity index (χ2n) is 9.41. The van der Waals surface area contributed by atoms with Crippen LogP contribution in [0.15, 0.2) is 24.3 Å². The van der Waals surface area contributed by atoms with Gasteiger partial charge in [-0.05, 0) is 35.7 Å². The minimum Gasteiger partial charge on any atom is -0.409 e. The van der Waals surface area contributed by atoms with E-state index >= 15 is 0 Å². The third-order valence-corrected chi connectivity index (χ3v) is 12.1. The van der Waals surface area contributed by atoms with E-state index in [-0.39, 0.29) is 6.10 Å². The van der Waals surface area contributed by atoms with Gasteiger partial charge in [0.05, 0.1) is 6.10 Å². The summed E-state index contributed by atoms with van der Waals surface area (Å²) >= 11 is 0. The Kier molecular flexibility index (Phi) is 9.72. The normalized spacial score (nSPS) is 15.6. The van der Waals surface area contributed by atoms with E-state index in [1.165, 1.54) is 5.57 Å². The van der Waals surface area contributed by atoms with Gasteiger partial charge >= 0.3 is 0 Å². The summed E-state index contributed by atoms with van der Waals surface area (Å²) in [6, 6.07) is 0. The van der Waals surface area contributed by atoms with Crippen molar-refractivity contribution in [3.63, 3.8) is 0 Å². The lowest BCUT2D eigenvalue weighted by Crippen LogP contribution is -2.51. The number of hydrogen-bond donors (Lipinski definition) is 0. The van der Waals surface area contributed by atoms with E-state index in [1.807, 2.05) is 6.08 Å². The van der Waals surface area contributed by atoms with Crippen molar-refractivity contribution in [3.05, 3.63) is 24.3 Å². The Morgan fingerprint density at radius 3 is 1.68 bits per heavy atom. The Balaban J connectivity index is 5.79. The molecular weight excluding hydrogens is 336 g/mol.